The highest BCUT2D eigenvalue weighted by Crippen LogP contribution is 2.19. The molecule has 0 N–H and O–H groups in total. The quantitative estimate of drug-likeness (QED) is 0.749. The summed E-state index contributed by atoms with van der Waals surface area (Å²) in [5, 5.41) is 4.93. The zero-order valence-electron chi connectivity index (χ0n) is 9.07. The lowest BCUT2D eigenvalue weighted by Gasteiger charge is -2.05. The predicted octanol–water partition coefficient (Wildman–Crippen LogP) is 2.96. The van der Waals surface area contributed by atoms with E-state index in [9.17, 15) is 4.79 Å². The van der Waals surface area contributed by atoms with E-state index in [0.29, 0.717) is 10.6 Å². The van der Waals surface area contributed by atoms with Gasteiger partial charge in [0.15, 0.2) is 0 Å². The van der Waals surface area contributed by atoms with E-state index >= 15 is 0 Å². The summed E-state index contributed by atoms with van der Waals surface area (Å²) in [6.07, 6.45) is 2.60. The number of carbonyl (C=O) groups is 1. The molecule has 1 heterocycles. The smallest absolute Gasteiger partial charge is 0.150 e. The molecule has 82 valence electrons. The number of hydrogen-bond acceptors (Lipinski definition) is 2. The molecule has 2 rings (SSSR count). The average Bonchev–Trinajstić information content (AvgIpc) is 2.58. The maximum absolute atomic E-state index is 10.6. The molecule has 16 heavy (non-hydrogen) atoms. The molecule has 0 aliphatic rings. The summed E-state index contributed by atoms with van der Waals surface area (Å²) in [5.41, 5.74) is 3.38. The molecule has 0 aliphatic heterocycles. The summed E-state index contributed by atoms with van der Waals surface area (Å²) in [6.45, 7) is 3.79. The molecule has 3 nitrogen and oxygen atoms in total. The van der Waals surface area contributed by atoms with E-state index in [4.69, 9.17) is 11.6 Å². The van der Waals surface area contributed by atoms with Gasteiger partial charge in [-0.3, -0.25) is 4.79 Å². The lowest BCUT2D eigenvalue weighted by atomic mass is 10.1. The van der Waals surface area contributed by atoms with E-state index in [0.717, 1.165) is 23.2 Å². The Morgan fingerprint density at radius 3 is 2.62 bits per heavy atom. The van der Waals surface area contributed by atoms with Gasteiger partial charge in [0.1, 0.15) is 6.29 Å². The molecule has 0 spiro atoms. The number of hydrogen-bond donors (Lipinski definition) is 0. The molecule has 0 radical (unpaired) electrons. The maximum atomic E-state index is 10.6. The lowest BCUT2D eigenvalue weighted by Crippen LogP contribution is -1.98. The van der Waals surface area contributed by atoms with Gasteiger partial charge in [-0.15, -0.1) is 0 Å². The fourth-order valence-electron chi connectivity index (χ4n) is 1.57. The third-order valence-corrected chi connectivity index (χ3v) is 2.81. The summed E-state index contributed by atoms with van der Waals surface area (Å²) in [7, 11) is 0. The second-order valence-corrected chi connectivity index (χ2v) is 4.08. The van der Waals surface area contributed by atoms with E-state index in [-0.39, 0.29) is 0 Å². The second-order valence-electron chi connectivity index (χ2n) is 3.67. The van der Waals surface area contributed by atoms with Crippen molar-refractivity contribution in [1.29, 1.82) is 0 Å². The average molecular weight is 235 g/mol. The molecule has 0 amide bonds. The van der Waals surface area contributed by atoms with Crippen LogP contribution in [0.25, 0.3) is 5.69 Å². The van der Waals surface area contributed by atoms with E-state index in [2.05, 4.69) is 5.10 Å². The number of halogens is 1. The summed E-state index contributed by atoms with van der Waals surface area (Å²) >= 11 is 5.95. The van der Waals surface area contributed by atoms with Crippen molar-refractivity contribution in [3.05, 3.63) is 46.2 Å². The Bertz CT molecular complexity index is 526. The first kappa shape index (κ1) is 10.9. The predicted molar refractivity (Wildman–Crippen MR) is 63.4 cm³/mol. The van der Waals surface area contributed by atoms with Crippen LogP contribution < -0.4 is 0 Å². The number of rotatable bonds is 2. The number of aryl methyl sites for hydroxylation is 2. The van der Waals surface area contributed by atoms with Gasteiger partial charge in [-0.05, 0) is 37.6 Å². The van der Waals surface area contributed by atoms with Crippen LogP contribution in [0.4, 0.5) is 0 Å². The van der Waals surface area contributed by atoms with Gasteiger partial charge >= 0.3 is 0 Å². The number of carbonyl (C=O) groups excluding carboxylic acids is 1. The molecule has 4 heteroatoms. The Morgan fingerprint density at radius 2 is 2.12 bits per heavy atom. The van der Waals surface area contributed by atoms with Crippen molar-refractivity contribution in [2.45, 2.75) is 13.8 Å². The topological polar surface area (TPSA) is 34.9 Å². The Morgan fingerprint density at radius 1 is 1.38 bits per heavy atom. The molecule has 0 saturated heterocycles. The van der Waals surface area contributed by atoms with Crippen molar-refractivity contribution < 1.29 is 4.79 Å². The highest BCUT2D eigenvalue weighted by atomic mass is 35.5. The fourth-order valence-corrected chi connectivity index (χ4v) is 1.70. The normalized spacial score (nSPS) is 10.4. The minimum absolute atomic E-state index is 0.638. The van der Waals surface area contributed by atoms with Gasteiger partial charge in [0, 0.05) is 11.8 Å². The zero-order chi connectivity index (χ0) is 11.7. The first-order valence-corrected chi connectivity index (χ1v) is 5.27. The van der Waals surface area contributed by atoms with Gasteiger partial charge in [0.25, 0.3) is 0 Å². The van der Waals surface area contributed by atoms with E-state index in [1.165, 1.54) is 0 Å². The minimum atomic E-state index is 0.638. The Labute approximate surface area is 98.7 Å². The van der Waals surface area contributed by atoms with E-state index in [1.807, 2.05) is 26.0 Å². The summed E-state index contributed by atoms with van der Waals surface area (Å²) in [4.78, 5) is 10.6. The molecule has 0 saturated carbocycles. The summed E-state index contributed by atoms with van der Waals surface area (Å²) in [5.74, 6) is 0. The van der Waals surface area contributed by atoms with Crippen LogP contribution in [-0.4, -0.2) is 16.1 Å². The largest absolute Gasteiger partial charge is 0.298 e. The Kier molecular flexibility index (Phi) is 2.79. The summed E-state index contributed by atoms with van der Waals surface area (Å²) < 4.78 is 1.72. The molecule has 0 aliphatic carbocycles. The van der Waals surface area contributed by atoms with Crippen LogP contribution >= 0.6 is 11.6 Å². The van der Waals surface area contributed by atoms with Crippen LogP contribution in [0.3, 0.4) is 0 Å². The van der Waals surface area contributed by atoms with Gasteiger partial charge in [-0.25, -0.2) is 4.68 Å². The zero-order valence-corrected chi connectivity index (χ0v) is 9.82. The molecule has 1 aromatic heterocycles. The number of aromatic nitrogens is 2. The van der Waals surface area contributed by atoms with Gasteiger partial charge in [-0.1, -0.05) is 11.6 Å². The van der Waals surface area contributed by atoms with Gasteiger partial charge in [-0.2, -0.15) is 5.10 Å². The third kappa shape index (κ3) is 1.86. The van der Waals surface area contributed by atoms with Crippen LogP contribution in [0.5, 0.6) is 0 Å². The minimum Gasteiger partial charge on any atom is -0.298 e. The van der Waals surface area contributed by atoms with Crippen LogP contribution in [0.15, 0.2) is 24.4 Å². The molecule has 2 aromatic rings. The first-order valence-electron chi connectivity index (χ1n) is 4.90. The van der Waals surface area contributed by atoms with Crippen molar-refractivity contribution in [3.8, 4) is 5.69 Å². The first-order chi connectivity index (χ1) is 7.61. The third-order valence-electron chi connectivity index (χ3n) is 2.44. The van der Waals surface area contributed by atoms with E-state index in [1.54, 1.807) is 16.9 Å². The van der Waals surface area contributed by atoms with Gasteiger partial charge in [0.2, 0.25) is 0 Å². The monoisotopic (exact) mass is 234 g/mol. The molecule has 0 unspecified atom stereocenters. The molecule has 1 aromatic carbocycles. The Hall–Kier alpha value is -1.61. The highest BCUT2D eigenvalue weighted by Gasteiger charge is 2.06. The van der Waals surface area contributed by atoms with Gasteiger partial charge in [0.05, 0.1) is 16.4 Å². The van der Waals surface area contributed by atoms with Crippen LogP contribution in [-0.2, 0) is 0 Å². The molecule has 0 atom stereocenters. The number of aldehydes is 1. The van der Waals surface area contributed by atoms with Crippen LogP contribution in [0, 0.1) is 13.8 Å². The van der Waals surface area contributed by atoms with Gasteiger partial charge < -0.3 is 0 Å². The molecule has 0 bridgehead atoms. The second kappa shape index (κ2) is 4.10. The maximum Gasteiger partial charge on any atom is 0.150 e. The molecular formula is C12H11ClN2O. The lowest BCUT2D eigenvalue weighted by molar-refractivity contribution is 0.112. The Balaban J connectivity index is 2.52. The van der Waals surface area contributed by atoms with Crippen molar-refractivity contribution in [2.24, 2.45) is 0 Å². The number of nitrogens with zero attached hydrogens (tertiary/aromatic N) is 2. The van der Waals surface area contributed by atoms with Crippen molar-refractivity contribution in [2.75, 3.05) is 0 Å². The van der Waals surface area contributed by atoms with Crippen LogP contribution in [0.2, 0.25) is 5.02 Å². The fraction of sp³-hybridized carbons (Fsp3) is 0.167. The summed E-state index contributed by atoms with van der Waals surface area (Å²) in [6, 6.07) is 5.45. The van der Waals surface area contributed by atoms with Crippen LogP contribution in [0.1, 0.15) is 21.6 Å². The molecular weight excluding hydrogens is 224 g/mol. The van der Waals surface area contributed by atoms with E-state index < -0.39 is 0 Å². The number of benzene rings is 1. The van der Waals surface area contributed by atoms with Crippen molar-refractivity contribution in [1.82, 2.24) is 9.78 Å². The van der Waals surface area contributed by atoms with Crippen molar-refractivity contribution in [3.63, 3.8) is 0 Å². The molecule has 0 fully saturated rings. The van der Waals surface area contributed by atoms with Crippen molar-refractivity contribution >= 4 is 17.9 Å². The highest BCUT2D eigenvalue weighted by molar-refractivity contribution is 6.31. The SMILES string of the molecule is Cc1cc(C=O)ccc1-n1cc(Cl)c(C)n1. The standard InChI is InChI=1S/C12H11ClN2O/c1-8-5-10(7-16)3-4-12(8)15-6-11(13)9(2)14-15/h3-7H,1-2H3.